The van der Waals surface area contributed by atoms with Crippen molar-refractivity contribution in [2.75, 3.05) is 5.43 Å². The second-order valence-corrected chi connectivity index (χ2v) is 5.66. The van der Waals surface area contributed by atoms with E-state index in [9.17, 15) is 4.79 Å². The number of nitrogens with zero attached hydrogens (tertiary/aromatic N) is 2. The van der Waals surface area contributed by atoms with Crippen molar-refractivity contribution in [3.8, 4) is 5.88 Å². The number of hydrogen-bond donors (Lipinski definition) is 2. The van der Waals surface area contributed by atoms with E-state index in [0.717, 1.165) is 0 Å². The van der Waals surface area contributed by atoms with Crippen molar-refractivity contribution in [3.05, 3.63) is 16.1 Å². The zero-order valence-corrected chi connectivity index (χ0v) is 13.7. The minimum absolute atomic E-state index is 0.0332. The molecule has 21 heavy (non-hydrogen) atoms. The molecule has 0 bridgehead atoms. The van der Waals surface area contributed by atoms with Gasteiger partial charge in [0.2, 0.25) is 5.88 Å². The van der Waals surface area contributed by atoms with Gasteiger partial charge in [0.25, 0.3) is 0 Å². The van der Waals surface area contributed by atoms with Gasteiger partial charge in [-0.25, -0.2) is 4.79 Å². The van der Waals surface area contributed by atoms with E-state index in [1.54, 1.807) is 13.8 Å². The molecule has 8 heteroatoms. The first-order valence-corrected chi connectivity index (χ1v) is 7.07. The number of halogens is 2. The summed E-state index contributed by atoms with van der Waals surface area (Å²) in [4.78, 5) is 15.1. The minimum Gasteiger partial charge on any atom is -0.477 e. The first-order valence-electron chi connectivity index (χ1n) is 6.32. The van der Waals surface area contributed by atoms with Gasteiger partial charge in [-0.2, -0.15) is 10.1 Å². The Hall–Kier alpha value is -1.53. The zero-order valence-electron chi connectivity index (χ0n) is 12.1. The van der Waals surface area contributed by atoms with Gasteiger partial charge in [-0.1, -0.05) is 37.0 Å². The Morgan fingerprint density at radius 1 is 1.33 bits per heavy atom. The molecule has 0 saturated carbocycles. The van der Waals surface area contributed by atoms with Crippen LogP contribution in [0.2, 0.25) is 10.0 Å². The van der Waals surface area contributed by atoms with Crippen molar-refractivity contribution < 1.29 is 14.6 Å². The van der Waals surface area contributed by atoms with Crippen molar-refractivity contribution in [2.45, 2.75) is 33.8 Å². The lowest BCUT2D eigenvalue weighted by Gasteiger charge is -2.13. The van der Waals surface area contributed by atoms with E-state index in [2.05, 4.69) is 15.5 Å². The highest BCUT2D eigenvalue weighted by Gasteiger charge is 2.16. The molecule has 1 heterocycles. The Morgan fingerprint density at radius 3 is 2.43 bits per heavy atom. The fourth-order valence-corrected chi connectivity index (χ4v) is 1.82. The Labute approximate surface area is 133 Å². The Bertz CT molecular complexity index is 560. The summed E-state index contributed by atoms with van der Waals surface area (Å²) in [6, 6.07) is 1.46. The molecule has 0 radical (unpaired) electrons. The van der Waals surface area contributed by atoms with Crippen LogP contribution in [0.25, 0.3) is 0 Å². The molecule has 0 unspecified atom stereocenters. The fourth-order valence-electron chi connectivity index (χ4n) is 1.37. The van der Waals surface area contributed by atoms with Crippen LogP contribution >= 0.6 is 23.2 Å². The van der Waals surface area contributed by atoms with Gasteiger partial charge in [0.15, 0.2) is 5.82 Å². The van der Waals surface area contributed by atoms with Crippen LogP contribution in [0.4, 0.5) is 5.82 Å². The van der Waals surface area contributed by atoms with Crippen molar-refractivity contribution in [3.63, 3.8) is 0 Å². The lowest BCUT2D eigenvalue weighted by atomic mass is 10.1. The summed E-state index contributed by atoms with van der Waals surface area (Å²) in [6.45, 7) is 7.11. The highest BCUT2D eigenvalue weighted by Crippen LogP contribution is 2.31. The number of carboxylic acids is 1. The highest BCUT2D eigenvalue weighted by molar-refractivity contribution is 6.37. The third-order valence-electron chi connectivity index (χ3n) is 2.29. The van der Waals surface area contributed by atoms with E-state index in [0.29, 0.717) is 0 Å². The lowest BCUT2D eigenvalue weighted by Crippen LogP contribution is -2.21. The zero-order chi connectivity index (χ0) is 16.2. The molecular weight excluding hydrogens is 317 g/mol. The standard InChI is InChI=1S/C13H17Cl2N3O3/c1-6(2)10(13(19)20)17-18-11-8(14)5-9(15)12(16-11)21-7(3)4/h5-7H,1-4H3,(H,16,18)(H,19,20). The third kappa shape index (κ3) is 5.06. The maximum absolute atomic E-state index is 11.0. The Kier molecular flexibility index (Phi) is 6.23. The van der Waals surface area contributed by atoms with Crippen LogP contribution in [-0.4, -0.2) is 27.9 Å². The highest BCUT2D eigenvalue weighted by atomic mass is 35.5. The predicted octanol–water partition coefficient (Wildman–Crippen LogP) is 3.68. The first kappa shape index (κ1) is 17.5. The summed E-state index contributed by atoms with van der Waals surface area (Å²) in [5.41, 5.74) is 2.51. The molecule has 0 fully saturated rings. The monoisotopic (exact) mass is 333 g/mol. The SMILES string of the molecule is CC(C)Oc1nc(NN=C(C(=O)O)C(C)C)c(Cl)cc1Cl. The molecule has 1 rings (SSSR count). The summed E-state index contributed by atoms with van der Waals surface area (Å²) in [6.07, 6.45) is -0.113. The fraction of sp³-hybridized carbons (Fsp3) is 0.462. The third-order valence-corrected chi connectivity index (χ3v) is 2.85. The normalized spacial score (nSPS) is 11.9. The number of ether oxygens (including phenoxy) is 1. The minimum atomic E-state index is -1.11. The molecular formula is C13H17Cl2N3O3. The molecule has 0 amide bonds. The number of carboxylic acid groups (broad SMARTS) is 1. The van der Waals surface area contributed by atoms with Crippen LogP contribution in [0, 0.1) is 5.92 Å². The summed E-state index contributed by atoms with van der Waals surface area (Å²) in [7, 11) is 0. The van der Waals surface area contributed by atoms with Crippen molar-refractivity contribution in [1.29, 1.82) is 0 Å². The lowest BCUT2D eigenvalue weighted by molar-refractivity contribution is -0.129. The molecule has 0 saturated heterocycles. The molecule has 0 aliphatic heterocycles. The number of pyridine rings is 1. The molecule has 1 aromatic rings. The van der Waals surface area contributed by atoms with Gasteiger partial charge in [0.05, 0.1) is 11.1 Å². The quantitative estimate of drug-likeness (QED) is 0.612. The topological polar surface area (TPSA) is 83.8 Å². The van der Waals surface area contributed by atoms with Gasteiger partial charge in [0.1, 0.15) is 10.7 Å². The average Bonchev–Trinajstić information content (AvgIpc) is 2.33. The van der Waals surface area contributed by atoms with Crippen LogP contribution in [-0.2, 0) is 4.79 Å². The van der Waals surface area contributed by atoms with Crippen molar-refractivity contribution >= 4 is 40.7 Å². The number of anilines is 1. The molecule has 116 valence electrons. The molecule has 0 aliphatic carbocycles. The molecule has 0 atom stereocenters. The number of aromatic nitrogens is 1. The van der Waals surface area contributed by atoms with E-state index in [4.69, 9.17) is 33.0 Å². The number of nitrogens with one attached hydrogen (secondary N) is 1. The van der Waals surface area contributed by atoms with Crippen LogP contribution in [0.5, 0.6) is 5.88 Å². The van der Waals surface area contributed by atoms with Crippen molar-refractivity contribution in [2.24, 2.45) is 11.0 Å². The Morgan fingerprint density at radius 2 is 1.95 bits per heavy atom. The van der Waals surface area contributed by atoms with Gasteiger partial charge < -0.3 is 9.84 Å². The van der Waals surface area contributed by atoms with Gasteiger partial charge >= 0.3 is 5.97 Å². The Balaban J connectivity index is 3.08. The maximum atomic E-state index is 11.0. The van der Waals surface area contributed by atoms with Gasteiger partial charge in [-0.15, -0.1) is 0 Å². The maximum Gasteiger partial charge on any atom is 0.352 e. The number of carbonyl (C=O) groups is 1. The van der Waals surface area contributed by atoms with Gasteiger partial charge in [-0.05, 0) is 19.9 Å². The molecule has 0 spiro atoms. The van der Waals surface area contributed by atoms with Gasteiger partial charge in [-0.3, -0.25) is 5.43 Å². The second kappa shape index (κ2) is 7.47. The summed E-state index contributed by atoms with van der Waals surface area (Å²) < 4.78 is 5.44. The summed E-state index contributed by atoms with van der Waals surface area (Å²) >= 11 is 12.0. The molecule has 6 nitrogen and oxygen atoms in total. The van der Waals surface area contributed by atoms with E-state index in [-0.39, 0.29) is 39.5 Å². The number of rotatable bonds is 6. The van der Waals surface area contributed by atoms with Crippen LogP contribution in [0.15, 0.2) is 11.2 Å². The van der Waals surface area contributed by atoms with Gasteiger partial charge in [0, 0.05) is 5.92 Å². The van der Waals surface area contributed by atoms with Crippen LogP contribution in [0.1, 0.15) is 27.7 Å². The van der Waals surface area contributed by atoms with Crippen LogP contribution in [0.3, 0.4) is 0 Å². The largest absolute Gasteiger partial charge is 0.477 e. The smallest absolute Gasteiger partial charge is 0.352 e. The second-order valence-electron chi connectivity index (χ2n) is 4.84. The summed E-state index contributed by atoms with van der Waals surface area (Å²) in [5.74, 6) is -0.986. The molecule has 1 aromatic heterocycles. The number of aliphatic carboxylic acids is 1. The van der Waals surface area contributed by atoms with E-state index in [1.165, 1.54) is 6.07 Å². The summed E-state index contributed by atoms with van der Waals surface area (Å²) in [5, 5.41) is 13.3. The first-order chi connectivity index (χ1) is 9.72. The van der Waals surface area contributed by atoms with Crippen LogP contribution < -0.4 is 10.2 Å². The van der Waals surface area contributed by atoms with E-state index in [1.807, 2.05) is 13.8 Å². The number of hydrazone groups is 1. The average molecular weight is 334 g/mol. The van der Waals surface area contributed by atoms with E-state index >= 15 is 0 Å². The number of hydrogen-bond acceptors (Lipinski definition) is 5. The van der Waals surface area contributed by atoms with Crippen molar-refractivity contribution in [1.82, 2.24) is 4.98 Å². The molecule has 0 aliphatic rings. The molecule has 2 N–H and O–H groups in total. The predicted molar refractivity (Wildman–Crippen MR) is 83.6 cm³/mol. The molecule has 0 aromatic carbocycles. The van der Waals surface area contributed by atoms with E-state index < -0.39 is 5.97 Å².